The number of hydrogen-bond acceptors (Lipinski definition) is 7. The second-order valence-corrected chi connectivity index (χ2v) is 21.9. The van der Waals surface area contributed by atoms with Gasteiger partial charge in [0.25, 0.3) is 0 Å². The number of carbonyl (C=O) groups is 2. The summed E-state index contributed by atoms with van der Waals surface area (Å²) >= 11 is 12.3. The SMILES string of the molecule is COc1cc(CNC(=O)[C@]23CCC(C)(C)CC2C2=CCC4[C@@]5(C)CCC(OC(C)=O)C(C)(C)C5CC[C@@]4(C)[C@]2(C)CC3)ccc1OCc1cn(-c2ccc(Cl)c(Cl)c2)nn1. The van der Waals surface area contributed by atoms with Gasteiger partial charge >= 0.3 is 5.97 Å². The number of hydrogen-bond donors (Lipinski definition) is 1. The topological polar surface area (TPSA) is 105 Å². The van der Waals surface area contributed by atoms with Crippen LogP contribution in [0.1, 0.15) is 131 Å². The molecular formula is C49H64Cl2N4O5. The maximum Gasteiger partial charge on any atom is 0.302 e. The molecule has 4 unspecified atom stereocenters. The van der Waals surface area contributed by atoms with E-state index < -0.39 is 5.41 Å². The molecule has 11 heteroatoms. The van der Waals surface area contributed by atoms with Gasteiger partial charge < -0.3 is 19.5 Å². The fourth-order valence-corrected chi connectivity index (χ4v) is 13.9. The molecule has 2 aromatic carbocycles. The average Bonchev–Trinajstić information content (AvgIpc) is 3.67. The first-order chi connectivity index (χ1) is 28.3. The maximum absolute atomic E-state index is 14.9. The summed E-state index contributed by atoms with van der Waals surface area (Å²) in [4.78, 5) is 27.0. The van der Waals surface area contributed by atoms with Gasteiger partial charge in [-0.2, -0.15) is 0 Å². The second-order valence-electron chi connectivity index (χ2n) is 21.0. The Bertz CT molecular complexity index is 2200. The Hall–Kier alpha value is -3.56. The molecule has 1 aromatic heterocycles. The van der Waals surface area contributed by atoms with Crippen molar-refractivity contribution in [1.82, 2.24) is 20.3 Å². The molecule has 0 saturated heterocycles. The van der Waals surface area contributed by atoms with Crippen LogP contribution in [0.25, 0.3) is 5.69 Å². The molecule has 5 aliphatic rings. The number of aromatic nitrogens is 3. The third-order valence-electron chi connectivity index (χ3n) is 17.1. The average molecular weight is 860 g/mol. The number of nitrogens with one attached hydrogen (secondary N) is 1. The number of carbonyl (C=O) groups excluding carboxylic acids is 2. The monoisotopic (exact) mass is 858 g/mol. The van der Waals surface area contributed by atoms with Gasteiger partial charge in [0, 0.05) is 18.9 Å². The van der Waals surface area contributed by atoms with Crippen LogP contribution < -0.4 is 14.8 Å². The van der Waals surface area contributed by atoms with Crippen LogP contribution in [0.15, 0.2) is 54.2 Å². The largest absolute Gasteiger partial charge is 0.493 e. The van der Waals surface area contributed by atoms with Crippen molar-refractivity contribution in [2.45, 2.75) is 139 Å². The number of rotatable bonds is 9. The van der Waals surface area contributed by atoms with E-state index in [4.69, 9.17) is 37.4 Å². The lowest BCUT2D eigenvalue weighted by Crippen LogP contribution is -2.65. The van der Waals surface area contributed by atoms with Crippen molar-refractivity contribution in [2.24, 2.45) is 50.2 Å². The van der Waals surface area contributed by atoms with Crippen LogP contribution in [0.4, 0.5) is 0 Å². The summed E-state index contributed by atoms with van der Waals surface area (Å²) in [5, 5.41) is 12.8. The lowest BCUT2D eigenvalue weighted by Gasteiger charge is -2.71. The molecule has 0 aliphatic heterocycles. The standard InChI is InChI=1S/C49H64Cl2N4O5/c1-30(56)60-42-17-18-46(6)40(45(42,4)5)16-19-48(8)41(46)15-12-34-35-26-44(2,3)20-22-49(35,23-21-47(34,48)7)43(57)52-27-31-10-14-38(39(24-31)58-9)59-29-32-28-55(54-53-32)33-11-13-36(50)37(51)25-33/h10-14,24-25,28,35,40-42H,15-23,26-27,29H2,1-9H3,(H,52,57)/t35?,40?,41?,42?,46-,47+,48+,49-/m0/s1. The third-order valence-corrected chi connectivity index (χ3v) is 17.8. The van der Waals surface area contributed by atoms with Crippen LogP contribution in [0, 0.1) is 50.2 Å². The summed E-state index contributed by atoms with van der Waals surface area (Å²) in [5.74, 6) is 2.42. The van der Waals surface area contributed by atoms with E-state index in [1.165, 1.54) is 0 Å². The van der Waals surface area contributed by atoms with Crippen molar-refractivity contribution in [3.8, 4) is 17.2 Å². The highest BCUT2D eigenvalue weighted by molar-refractivity contribution is 6.42. The second kappa shape index (κ2) is 15.4. The number of esters is 1. The van der Waals surface area contributed by atoms with E-state index in [1.54, 1.807) is 42.6 Å². The Labute approximate surface area is 366 Å². The molecule has 1 N–H and O–H groups in total. The van der Waals surface area contributed by atoms with Crippen molar-refractivity contribution in [3.63, 3.8) is 0 Å². The van der Waals surface area contributed by atoms with Gasteiger partial charge in [-0.05, 0) is 140 Å². The first-order valence-electron chi connectivity index (χ1n) is 22.1. The number of fused-ring (bicyclic) bond motifs is 7. The molecule has 3 aromatic rings. The predicted octanol–water partition coefficient (Wildman–Crippen LogP) is 11.5. The first-order valence-corrected chi connectivity index (χ1v) is 22.8. The molecule has 9 nitrogen and oxygen atoms in total. The summed E-state index contributed by atoms with van der Waals surface area (Å²) in [6.45, 7) is 19.4. The molecule has 1 amide bonds. The van der Waals surface area contributed by atoms with Crippen molar-refractivity contribution in [2.75, 3.05) is 7.11 Å². The number of nitrogens with zero attached hydrogens (tertiary/aromatic N) is 3. The van der Waals surface area contributed by atoms with Crippen LogP contribution in [0.2, 0.25) is 10.0 Å². The van der Waals surface area contributed by atoms with Crippen LogP contribution in [-0.2, 0) is 27.5 Å². The van der Waals surface area contributed by atoms with E-state index in [0.29, 0.717) is 45.6 Å². The Kier molecular flexibility index (Phi) is 11.0. The number of methoxy groups -OCH3 is 1. The Morgan fingerprint density at radius 1 is 0.883 bits per heavy atom. The van der Waals surface area contributed by atoms with Gasteiger partial charge in [0.2, 0.25) is 5.91 Å². The van der Waals surface area contributed by atoms with Gasteiger partial charge in [0.05, 0.1) is 34.5 Å². The molecule has 0 radical (unpaired) electrons. The molecule has 324 valence electrons. The van der Waals surface area contributed by atoms with Gasteiger partial charge in [-0.25, -0.2) is 4.68 Å². The van der Waals surface area contributed by atoms with E-state index in [1.807, 2.05) is 24.3 Å². The zero-order valence-corrected chi connectivity index (χ0v) is 38.6. The van der Waals surface area contributed by atoms with Crippen molar-refractivity contribution < 1.29 is 23.8 Å². The summed E-state index contributed by atoms with van der Waals surface area (Å²) in [6.07, 6.45) is 14.7. The molecule has 4 fully saturated rings. The summed E-state index contributed by atoms with van der Waals surface area (Å²) < 4.78 is 19.5. The fourth-order valence-electron chi connectivity index (χ4n) is 13.6. The van der Waals surface area contributed by atoms with Gasteiger partial charge in [0.15, 0.2) is 11.5 Å². The van der Waals surface area contributed by atoms with Crippen molar-refractivity contribution in [1.29, 1.82) is 0 Å². The number of halogens is 2. The molecule has 60 heavy (non-hydrogen) atoms. The van der Waals surface area contributed by atoms with Gasteiger partial charge in [0.1, 0.15) is 18.4 Å². The Morgan fingerprint density at radius 2 is 1.65 bits per heavy atom. The molecule has 0 spiro atoms. The van der Waals surface area contributed by atoms with E-state index in [-0.39, 0.29) is 57.6 Å². The van der Waals surface area contributed by atoms with Gasteiger partial charge in [-0.15, -0.1) is 5.10 Å². The van der Waals surface area contributed by atoms with Gasteiger partial charge in [-0.3, -0.25) is 9.59 Å². The van der Waals surface area contributed by atoms with E-state index in [9.17, 15) is 9.59 Å². The lowest BCUT2D eigenvalue weighted by molar-refractivity contribution is -0.212. The fraction of sp³-hybridized carbons (Fsp3) is 0.633. The summed E-state index contributed by atoms with van der Waals surface area (Å²) in [7, 11) is 1.63. The normalized spacial score (nSPS) is 33.8. The molecule has 0 bridgehead atoms. The highest BCUT2D eigenvalue weighted by atomic mass is 35.5. The quantitative estimate of drug-likeness (QED) is 0.169. The number of ether oxygens (including phenoxy) is 3. The molecule has 8 atom stereocenters. The van der Waals surface area contributed by atoms with E-state index in [2.05, 4.69) is 70.2 Å². The number of benzene rings is 2. The molecule has 5 aliphatic carbocycles. The Morgan fingerprint density at radius 3 is 2.38 bits per heavy atom. The predicted molar refractivity (Wildman–Crippen MR) is 235 cm³/mol. The minimum absolute atomic E-state index is 0.0175. The molecule has 8 rings (SSSR count). The van der Waals surface area contributed by atoms with Crippen molar-refractivity contribution >= 4 is 35.1 Å². The summed E-state index contributed by atoms with van der Waals surface area (Å²) in [5.41, 5.74) is 3.84. The van der Waals surface area contributed by atoms with Crippen LogP contribution in [-0.4, -0.2) is 40.1 Å². The minimum atomic E-state index is -0.433. The summed E-state index contributed by atoms with van der Waals surface area (Å²) in [6, 6.07) is 11.1. The molecule has 4 saturated carbocycles. The smallest absolute Gasteiger partial charge is 0.302 e. The lowest BCUT2D eigenvalue weighted by atomic mass is 9.33. The zero-order valence-electron chi connectivity index (χ0n) is 37.1. The van der Waals surface area contributed by atoms with Gasteiger partial charge in [-0.1, -0.05) is 94.6 Å². The van der Waals surface area contributed by atoms with Crippen LogP contribution >= 0.6 is 23.2 Å². The van der Waals surface area contributed by atoms with Crippen LogP contribution in [0.5, 0.6) is 11.5 Å². The molecular weight excluding hydrogens is 795 g/mol. The Balaban J connectivity index is 0.986. The molecule has 1 heterocycles. The highest BCUT2D eigenvalue weighted by Gasteiger charge is 2.69. The number of allylic oxidation sites excluding steroid dienone is 2. The van der Waals surface area contributed by atoms with E-state index in [0.717, 1.165) is 75.5 Å². The maximum atomic E-state index is 14.9. The number of amides is 1. The highest BCUT2D eigenvalue weighted by Crippen LogP contribution is 2.76. The van der Waals surface area contributed by atoms with Crippen LogP contribution in [0.3, 0.4) is 0 Å². The zero-order chi connectivity index (χ0) is 43.0. The third kappa shape index (κ3) is 7.06. The minimum Gasteiger partial charge on any atom is -0.493 e. The van der Waals surface area contributed by atoms with Crippen molar-refractivity contribution in [3.05, 3.63) is 75.5 Å². The first kappa shape index (κ1) is 43.1. The van der Waals surface area contributed by atoms with E-state index >= 15 is 0 Å².